The Morgan fingerprint density at radius 3 is 2.03 bits per heavy atom. The van der Waals surface area contributed by atoms with E-state index in [1.807, 2.05) is 31.2 Å². The number of hydrogen-bond donors (Lipinski definition) is 4. The lowest BCUT2D eigenvalue weighted by Crippen LogP contribution is -2.62. The molecular formula is C24H34N2O4. The van der Waals surface area contributed by atoms with Crippen LogP contribution in [0.1, 0.15) is 81.9 Å². The van der Waals surface area contributed by atoms with Crippen LogP contribution in [0.3, 0.4) is 0 Å². The van der Waals surface area contributed by atoms with Gasteiger partial charge in [-0.05, 0) is 61.6 Å². The van der Waals surface area contributed by atoms with Gasteiger partial charge in [-0.3, -0.25) is 20.1 Å². The second-order valence-corrected chi connectivity index (χ2v) is 8.83. The minimum absolute atomic E-state index is 0.0950. The first kappa shape index (κ1) is 22.5. The molecule has 1 aromatic carbocycles. The van der Waals surface area contributed by atoms with Gasteiger partial charge in [0.15, 0.2) is 0 Å². The summed E-state index contributed by atoms with van der Waals surface area (Å²) < 4.78 is 0. The second-order valence-electron chi connectivity index (χ2n) is 8.83. The van der Waals surface area contributed by atoms with E-state index in [4.69, 9.17) is 5.21 Å². The maximum absolute atomic E-state index is 12.8. The average molecular weight is 415 g/mol. The molecule has 0 radical (unpaired) electrons. The Bertz CT molecular complexity index is 749. The Balaban J connectivity index is 1.82. The van der Waals surface area contributed by atoms with Crippen molar-refractivity contribution in [2.45, 2.75) is 76.3 Å². The summed E-state index contributed by atoms with van der Waals surface area (Å²) in [5.74, 6) is -0.916. The molecule has 2 aliphatic carbocycles. The van der Waals surface area contributed by atoms with Crippen LogP contribution in [0.5, 0.6) is 0 Å². The predicted octanol–water partition coefficient (Wildman–Crippen LogP) is 4.45. The summed E-state index contributed by atoms with van der Waals surface area (Å²) in [6.45, 7) is 2.04. The van der Waals surface area contributed by atoms with E-state index in [1.54, 1.807) is 11.6 Å². The number of carboxylic acids is 1. The number of amides is 1. The molecule has 0 heterocycles. The number of rotatable bonds is 8. The second kappa shape index (κ2) is 10.2. The van der Waals surface area contributed by atoms with Crippen molar-refractivity contribution in [3.63, 3.8) is 0 Å². The maximum atomic E-state index is 12.8. The van der Waals surface area contributed by atoms with Crippen LogP contribution in [0.15, 0.2) is 30.3 Å². The lowest BCUT2D eigenvalue weighted by atomic mass is 9.67. The third-order valence-electron chi connectivity index (χ3n) is 7.03. The Kier molecular flexibility index (Phi) is 7.67. The molecule has 0 aliphatic heterocycles. The number of carbonyl (C=O) groups is 2. The fourth-order valence-electron chi connectivity index (χ4n) is 5.47. The molecule has 1 unspecified atom stereocenters. The van der Waals surface area contributed by atoms with Gasteiger partial charge in [-0.1, -0.05) is 56.4 Å². The van der Waals surface area contributed by atoms with Gasteiger partial charge in [0.25, 0.3) is 5.91 Å². The van der Waals surface area contributed by atoms with Gasteiger partial charge in [0.05, 0.1) is 0 Å². The molecular weight excluding hydrogens is 380 g/mol. The first-order chi connectivity index (χ1) is 14.5. The summed E-state index contributed by atoms with van der Waals surface area (Å²) in [6.07, 6.45) is 12.5. The molecule has 4 N–H and O–H groups in total. The first-order valence-electron chi connectivity index (χ1n) is 11.2. The Morgan fingerprint density at radius 1 is 1.00 bits per heavy atom. The quantitative estimate of drug-likeness (QED) is 0.286. The summed E-state index contributed by atoms with van der Waals surface area (Å²) >= 11 is 0. The van der Waals surface area contributed by atoms with Crippen molar-refractivity contribution >= 4 is 18.0 Å². The summed E-state index contributed by atoms with van der Waals surface area (Å²) in [7, 11) is 0. The van der Waals surface area contributed by atoms with Gasteiger partial charge in [-0.2, -0.15) is 0 Å². The van der Waals surface area contributed by atoms with Crippen LogP contribution in [-0.4, -0.2) is 27.7 Å². The van der Waals surface area contributed by atoms with Crippen molar-refractivity contribution in [3.05, 3.63) is 41.5 Å². The number of nitrogens with one attached hydrogen (secondary N) is 2. The summed E-state index contributed by atoms with van der Waals surface area (Å²) in [5.41, 5.74) is 2.56. The van der Waals surface area contributed by atoms with Gasteiger partial charge in [-0.25, -0.2) is 5.48 Å². The van der Waals surface area contributed by atoms with E-state index in [0.717, 1.165) is 62.5 Å². The molecule has 0 bridgehead atoms. The number of benzene rings is 1. The van der Waals surface area contributed by atoms with Crippen LogP contribution >= 0.6 is 0 Å². The molecule has 1 aromatic rings. The van der Waals surface area contributed by atoms with Crippen molar-refractivity contribution in [1.29, 1.82) is 0 Å². The Labute approximate surface area is 178 Å². The lowest BCUT2D eigenvalue weighted by Gasteiger charge is -2.46. The first-order valence-corrected chi connectivity index (χ1v) is 11.2. The summed E-state index contributed by atoms with van der Waals surface area (Å²) in [6, 6.07) is 7.63. The molecule has 0 spiro atoms. The summed E-state index contributed by atoms with van der Waals surface area (Å²) in [5, 5.41) is 22.7. The van der Waals surface area contributed by atoms with Gasteiger partial charge in [0.1, 0.15) is 5.54 Å². The minimum atomic E-state index is -0.867. The maximum Gasteiger partial charge on any atom is 0.324 e. The van der Waals surface area contributed by atoms with Crippen LogP contribution in [0.2, 0.25) is 0 Å². The largest absolute Gasteiger partial charge is 0.480 e. The number of hydroxylamine groups is 1. The molecule has 2 saturated carbocycles. The van der Waals surface area contributed by atoms with Crippen molar-refractivity contribution < 1.29 is 19.9 Å². The molecule has 30 heavy (non-hydrogen) atoms. The Morgan fingerprint density at radius 2 is 1.53 bits per heavy atom. The number of hydrogen-bond acceptors (Lipinski definition) is 4. The van der Waals surface area contributed by atoms with E-state index in [0.29, 0.717) is 0 Å². The molecule has 3 rings (SSSR count). The highest BCUT2D eigenvalue weighted by molar-refractivity contribution is 5.90. The van der Waals surface area contributed by atoms with Crippen molar-refractivity contribution in [2.75, 3.05) is 0 Å². The third-order valence-corrected chi connectivity index (χ3v) is 7.03. The fraction of sp³-hybridized carbons (Fsp3) is 0.583. The molecule has 2 fully saturated rings. The van der Waals surface area contributed by atoms with Crippen LogP contribution in [0, 0.1) is 11.8 Å². The highest BCUT2D eigenvalue weighted by atomic mass is 16.5. The molecule has 6 heteroatoms. The highest BCUT2D eigenvalue weighted by Crippen LogP contribution is 2.45. The highest BCUT2D eigenvalue weighted by Gasteiger charge is 2.52. The van der Waals surface area contributed by atoms with Gasteiger partial charge < -0.3 is 5.11 Å². The SMILES string of the molecule is CC(N[C@](C(=O)O)(C1CCCCC1)C1CCCC1)c1ccc(/C=C/C(=O)NO)cc1. The zero-order valence-electron chi connectivity index (χ0n) is 17.8. The van der Waals surface area contributed by atoms with Crippen LogP contribution in [0.4, 0.5) is 0 Å². The van der Waals surface area contributed by atoms with E-state index >= 15 is 0 Å². The third kappa shape index (κ3) is 4.93. The predicted molar refractivity (Wildman–Crippen MR) is 116 cm³/mol. The van der Waals surface area contributed by atoms with Crippen LogP contribution < -0.4 is 10.8 Å². The van der Waals surface area contributed by atoms with Gasteiger partial charge in [0, 0.05) is 12.1 Å². The van der Waals surface area contributed by atoms with Gasteiger partial charge in [0.2, 0.25) is 0 Å². The molecule has 164 valence electrons. The molecule has 1 amide bonds. The van der Waals surface area contributed by atoms with E-state index in [-0.39, 0.29) is 17.9 Å². The average Bonchev–Trinajstić information content (AvgIpc) is 3.31. The minimum Gasteiger partial charge on any atom is -0.480 e. The van der Waals surface area contributed by atoms with E-state index < -0.39 is 17.4 Å². The zero-order valence-corrected chi connectivity index (χ0v) is 17.8. The van der Waals surface area contributed by atoms with Crippen LogP contribution in [-0.2, 0) is 9.59 Å². The monoisotopic (exact) mass is 414 g/mol. The molecule has 0 aromatic heterocycles. The number of carbonyl (C=O) groups excluding carboxylic acids is 1. The van der Waals surface area contributed by atoms with Crippen molar-refractivity contribution in [2.24, 2.45) is 11.8 Å². The van der Waals surface area contributed by atoms with E-state index in [1.165, 1.54) is 12.5 Å². The van der Waals surface area contributed by atoms with Crippen molar-refractivity contribution in [1.82, 2.24) is 10.8 Å². The smallest absolute Gasteiger partial charge is 0.324 e. The molecule has 2 aliphatic rings. The molecule has 0 saturated heterocycles. The van der Waals surface area contributed by atoms with E-state index in [2.05, 4.69) is 5.32 Å². The summed E-state index contributed by atoms with van der Waals surface area (Å²) in [4.78, 5) is 23.9. The number of aliphatic carboxylic acids is 1. The van der Waals surface area contributed by atoms with Gasteiger partial charge in [-0.15, -0.1) is 0 Å². The Hall–Kier alpha value is -2.18. The number of carboxylic acid groups (broad SMARTS) is 1. The zero-order chi connectivity index (χ0) is 21.6. The van der Waals surface area contributed by atoms with Crippen LogP contribution in [0.25, 0.3) is 6.08 Å². The molecule has 2 atom stereocenters. The fourth-order valence-corrected chi connectivity index (χ4v) is 5.47. The normalized spacial score (nSPS) is 21.4. The lowest BCUT2D eigenvalue weighted by molar-refractivity contribution is -0.152. The van der Waals surface area contributed by atoms with E-state index in [9.17, 15) is 14.7 Å². The molecule has 6 nitrogen and oxygen atoms in total. The topological polar surface area (TPSA) is 98.7 Å². The van der Waals surface area contributed by atoms with Gasteiger partial charge >= 0.3 is 5.97 Å². The van der Waals surface area contributed by atoms with Crippen molar-refractivity contribution in [3.8, 4) is 0 Å². The standard InChI is InChI=1S/C24H34N2O4/c1-17(19-14-11-18(12-15-19)13-16-22(27)26-30)25-24(23(28)29,21-9-5-6-10-21)20-7-3-2-4-8-20/h11-17,20-21,25,30H,2-10H2,1H3,(H,26,27)(H,28,29)/b16-13+/t17?,24-/m1/s1.